The van der Waals surface area contributed by atoms with E-state index in [2.05, 4.69) is 17.1 Å². The molecule has 0 bridgehead atoms. The van der Waals surface area contributed by atoms with Crippen LogP contribution in [0.15, 0.2) is 0 Å². The van der Waals surface area contributed by atoms with Gasteiger partial charge in [-0.05, 0) is 44.9 Å². The lowest BCUT2D eigenvalue weighted by Gasteiger charge is -2.31. The molecule has 0 spiro atoms. The highest BCUT2D eigenvalue weighted by Crippen LogP contribution is 2.40. The summed E-state index contributed by atoms with van der Waals surface area (Å²) in [4.78, 5) is 8.96. The van der Waals surface area contributed by atoms with E-state index in [0.717, 1.165) is 24.5 Å². The van der Waals surface area contributed by atoms with Gasteiger partial charge in [-0.3, -0.25) is 0 Å². The first-order chi connectivity index (χ1) is 9.81. The van der Waals surface area contributed by atoms with Crippen molar-refractivity contribution in [3.8, 4) is 0 Å². The number of fused-ring (bicyclic) bond motifs is 1. The summed E-state index contributed by atoms with van der Waals surface area (Å²) >= 11 is 1.93. The van der Waals surface area contributed by atoms with Crippen molar-refractivity contribution < 1.29 is 0 Å². The van der Waals surface area contributed by atoms with Crippen LogP contribution in [0.5, 0.6) is 0 Å². The van der Waals surface area contributed by atoms with Crippen molar-refractivity contribution in [2.45, 2.75) is 70.5 Å². The molecule has 110 valence electrons. The molecule has 2 saturated carbocycles. The van der Waals surface area contributed by atoms with E-state index in [9.17, 15) is 0 Å². The van der Waals surface area contributed by atoms with Gasteiger partial charge in [0.1, 0.15) is 0 Å². The molecule has 2 heterocycles. The van der Waals surface area contributed by atoms with Crippen LogP contribution in [0.1, 0.15) is 55.5 Å². The largest absolute Gasteiger partial charge is 0.345 e. The Kier molecular flexibility index (Phi) is 3.47. The normalized spacial score (nSPS) is 29.8. The zero-order valence-corrected chi connectivity index (χ0v) is 13.2. The fourth-order valence-corrected chi connectivity index (χ4v) is 4.96. The molecule has 0 aromatic carbocycles. The molecule has 0 amide bonds. The second kappa shape index (κ2) is 5.30. The topological polar surface area (TPSA) is 28.2 Å². The second-order valence-electron chi connectivity index (χ2n) is 6.75. The molecule has 1 aromatic heterocycles. The van der Waals surface area contributed by atoms with Gasteiger partial charge in [-0.15, -0.1) is 11.3 Å². The Labute approximate surface area is 125 Å². The molecule has 1 N–H and O–H groups in total. The van der Waals surface area contributed by atoms with Crippen molar-refractivity contribution in [1.29, 1.82) is 0 Å². The van der Waals surface area contributed by atoms with Gasteiger partial charge in [0, 0.05) is 30.1 Å². The first kappa shape index (κ1) is 13.1. The fraction of sp³-hybridized carbons (Fsp3) is 0.812. The van der Waals surface area contributed by atoms with Crippen LogP contribution in [-0.2, 0) is 6.54 Å². The molecule has 2 atom stereocenters. The summed E-state index contributed by atoms with van der Waals surface area (Å²) in [6.07, 6.45) is 9.81. The Bertz CT molecular complexity index is 480. The molecule has 2 unspecified atom stereocenters. The van der Waals surface area contributed by atoms with E-state index < -0.39 is 0 Å². The summed E-state index contributed by atoms with van der Waals surface area (Å²) in [5.41, 5.74) is 1.25. The molecule has 3 aliphatic rings. The standard InChI is InChI=1S/C16H25N3S/c1-11-15(10-17-13-6-7-13)20-16(18-11)19-9-8-12-4-2-3-5-14(12)19/h12-14,17H,2-10H2,1H3. The molecule has 20 heavy (non-hydrogen) atoms. The van der Waals surface area contributed by atoms with Crippen molar-refractivity contribution >= 4 is 16.5 Å². The zero-order valence-electron chi connectivity index (χ0n) is 12.4. The van der Waals surface area contributed by atoms with Crippen molar-refractivity contribution in [1.82, 2.24) is 10.3 Å². The monoisotopic (exact) mass is 291 g/mol. The average Bonchev–Trinajstić information content (AvgIpc) is 3.08. The van der Waals surface area contributed by atoms with Crippen LogP contribution in [-0.4, -0.2) is 23.6 Å². The minimum absolute atomic E-state index is 0.787. The maximum Gasteiger partial charge on any atom is 0.186 e. The van der Waals surface area contributed by atoms with Crippen molar-refractivity contribution in [2.75, 3.05) is 11.4 Å². The molecule has 4 heteroatoms. The van der Waals surface area contributed by atoms with Crippen LogP contribution in [0.3, 0.4) is 0 Å². The quantitative estimate of drug-likeness (QED) is 0.920. The number of aryl methyl sites for hydroxylation is 1. The number of thiazole rings is 1. The van der Waals surface area contributed by atoms with E-state index in [1.54, 1.807) is 0 Å². The van der Waals surface area contributed by atoms with E-state index in [1.165, 1.54) is 67.2 Å². The Hall–Kier alpha value is -0.610. The van der Waals surface area contributed by atoms with Gasteiger partial charge in [0.25, 0.3) is 0 Å². The summed E-state index contributed by atoms with van der Waals surface area (Å²) in [7, 11) is 0. The van der Waals surface area contributed by atoms with E-state index in [1.807, 2.05) is 11.3 Å². The lowest BCUT2D eigenvalue weighted by atomic mass is 9.85. The van der Waals surface area contributed by atoms with Gasteiger partial charge in [0.15, 0.2) is 5.13 Å². The van der Waals surface area contributed by atoms with Crippen LogP contribution >= 0.6 is 11.3 Å². The molecule has 1 saturated heterocycles. The van der Waals surface area contributed by atoms with E-state index in [4.69, 9.17) is 4.98 Å². The Balaban J connectivity index is 1.48. The van der Waals surface area contributed by atoms with Gasteiger partial charge in [0.05, 0.1) is 5.69 Å². The smallest absolute Gasteiger partial charge is 0.186 e. The number of nitrogens with zero attached hydrogens (tertiary/aromatic N) is 2. The Morgan fingerprint density at radius 3 is 2.90 bits per heavy atom. The minimum Gasteiger partial charge on any atom is -0.345 e. The fourth-order valence-electron chi connectivity index (χ4n) is 3.87. The molecule has 3 fully saturated rings. The van der Waals surface area contributed by atoms with E-state index >= 15 is 0 Å². The Morgan fingerprint density at radius 1 is 1.20 bits per heavy atom. The van der Waals surface area contributed by atoms with E-state index in [-0.39, 0.29) is 0 Å². The molecule has 4 rings (SSSR count). The summed E-state index contributed by atoms with van der Waals surface area (Å²) < 4.78 is 0. The van der Waals surface area contributed by atoms with Crippen LogP contribution < -0.4 is 10.2 Å². The highest BCUT2D eigenvalue weighted by molar-refractivity contribution is 7.15. The maximum absolute atomic E-state index is 4.89. The predicted molar refractivity (Wildman–Crippen MR) is 84.4 cm³/mol. The second-order valence-corrected chi connectivity index (χ2v) is 7.82. The van der Waals surface area contributed by atoms with Crippen LogP contribution in [0, 0.1) is 12.8 Å². The number of hydrogen-bond donors (Lipinski definition) is 1. The SMILES string of the molecule is Cc1nc(N2CCC3CCCCC32)sc1CNC1CC1. The first-order valence-corrected chi connectivity index (χ1v) is 9.09. The van der Waals surface area contributed by atoms with Crippen molar-refractivity contribution in [3.05, 3.63) is 10.6 Å². The number of aromatic nitrogens is 1. The highest BCUT2D eigenvalue weighted by atomic mass is 32.1. The van der Waals surface area contributed by atoms with Crippen LogP contribution in [0.25, 0.3) is 0 Å². The number of anilines is 1. The van der Waals surface area contributed by atoms with Gasteiger partial charge in [-0.1, -0.05) is 12.8 Å². The van der Waals surface area contributed by atoms with E-state index in [0.29, 0.717) is 0 Å². The third kappa shape index (κ3) is 2.48. The molecule has 2 aliphatic carbocycles. The van der Waals surface area contributed by atoms with Gasteiger partial charge in [0.2, 0.25) is 0 Å². The summed E-state index contributed by atoms with van der Waals surface area (Å²) in [6, 6.07) is 1.58. The summed E-state index contributed by atoms with van der Waals surface area (Å²) in [6.45, 7) is 4.44. The highest BCUT2D eigenvalue weighted by Gasteiger charge is 2.37. The van der Waals surface area contributed by atoms with Gasteiger partial charge >= 0.3 is 0 Å². The molecular weight excluding hydrogens is 266 g/mol. The third-order valence-corrected chi connectivity index (χ3v) is 6.46. The van der Waals surface area contributed by atoms with Crippen LogP contribution in [0.2, 0.25) is 0 Å². The van der Waals surface area contributed by atoms with Crippen LogP contribution in [0.4, 0.5) is 5.13 Å². The summed E-state index contributed by atoms with van der Waals surface area (Å²) in [5.74, 6) is 0.945. The predicted octanol–water partition coefficient (Wildman–Crippen LogP) is 3.47. The molecule has 1 aliphatic heterocycles. The summed E-state index contributed by atoms with van der Waals surface area (Å²) in [5, 5.41) is 4.92. The van der Waals surface area contributed by atoms with Gasteiger partial charge < -0.3 is 10.2 Å². The van der Waals surface area contributed by atoms with Gasteiger partial charge in [-0.2, -0.15) is 0 Å². The van der Waals surface area contributed by atoms with Crippen molar-refractivity contribution in [2.24, 2.45) is 5.92 Å². The first-order valence-electron chi connectivity index (χ1n) is 8.27. The molecule has 0 radical (unpaired) electrons. The number of rotatable bonds is 4. The lowest BCUT2D eigenvalue weighted by Crippen LogP contribution is -2.34. The average molecular weight is 291 g/mol. The number of hydrogen-bond acceptors (Lipinski definition) is 4. The van der Waals surface area contributed by atoms with Crippen molar-refractivity contribution in [3.63, 3.8) is 0 Å². The minimum atomic E-state index is 0.787. The molecule has 1 aromatic rings. The number of nitrogens with one attached hydrogen (secondary N) is 1. The Morgan fingerprint density at radius 2 is 2.05 bits per heavy atom. The third-order valence-electron chi connectivity index (χ3n) is 5.27. The van der Waals surface area contributed by atoms with Gasteiger partial charge in [-0.25, -0.2) is 4.98 Å². The maximum atomic E-state index is 4.89. The zero-order chi connectivity index (χ0) is 13.5. The molecular formula is C16H25N3S. The molecule has 3 nitrogen and oxygen atoms in total. The lowest BCUT2D eigenvalue weighted by molar-refractivity contribution is 0.342.